The Bertz CT molecular complexity index is 796. The summed E-state index contributed by atoms with van der Waals surface area (Å²) in [6.45, 7) is 4.80. The van der Waals surface area contributed by atoms with Crippen molar-refractivity contribution in [2.75, 3.05) is 5.75 Å². The summed E-state index contributed by atoms with van der Waals surface area (Å²) in [5.41, 5.74) is 0. The smallest absolute Gasteiger partial charge is 0.230 e. The summed E-state index contributed by atoms with van der Waals surface area (Å²) in [6, 6.07) is 7.46. The van der Waals surface area contributed by atoms with Crippen LogP contribution in [0.2, 0.25) is 5.02 Å². The molecule has 3 rings (SSSR count). The van der Waals surface area contributed by atoms with Crippen LogP contribution in [0.15, 0.2) is 29.4 Å². The zero-order valence-corrected chi connectivity index (χ0v) is 18.1. The minimum absolute atomic E-state index is 0.0536. The summed E-state index contributed by atoms with van der Waals surface area (Å²) in [5, 5.41) is 12.9. The Kier molecular flexibility index (Phi) is 7.24. The molecule has 0 bridgehead atoms. The van der Waals surface area contributed by atoms with Crippen molar-refractivity contribution in [1.82, 2.24) is 20.1 Å². The van der Waals surface area contributed by atoms with E-state index in [2.05, 4.69) is 29.4 Å². The molecule has 0 radical (unpaired) electrons. The number of benzene rings is 1. The van der Waals surface area contributed by atoms with E-state index in [1.165, 1.54) is 24.6 Å². The normalized spacial score (nSPS) is 22.1. The van der Waals surface area contributed by atoms with Gasteiger partial charge in [0.1, 0.15) is 12.4 Å². The van der Waals surface area contributed by atoms with E-state index >= 15 is 0 Å². The number of hydrogen-bond acceptors (Lipinski definition) is 5. The molecule has 1 aliphatic carbocycles. The largest absolute Gasteiger partial charge is 0.486 e. The fraction of sp³-hybridized carbons (Fsp3) is 0.550. The van der Waals surface area contributed by atoms with Gasteiger partial charge in [0.15, 0.2) is 11.0 Å². The molecule has 1 aromatic carbocycles. The molecule has 1 fully saturated rings. The third kappa shape index (κ3) is 5.41. The number of carbonyl (C=O) groups is 1. The van der Waals surface area contributed by atoms with E-state index in [0.717, 1.165) is 12.2 Å². The number of hydrogen-bond donors (Lipinski definition) is 1. The van der Waals surface area contributed by atoms with Crippen molar-refractivity contribution in [2.45, 2.75) is 50.9 Å². The topological polar surface area (TPSA) is 69.0 Å². The van der Waals surface area contributed by atoms with Crippen LogP contribution in [0.3, 0.4) is 0 Å². The van der Waals surface area contributed by atoms with Gasteiger partial charge in [-0.15, -0.1) is 10.2 Å². The Morgan fingerprint density at radius 2 is 2.04 bits per heavy atom. The highest BCUT2D eigenvalue weighted by atomic mass is 35.5. The Labute approximate surface area is 175 Å². The number of aromatic nitrogens is 3. The quantitative estimate of drug-likeness (QED) is 0.681. The summed E-state index contributed by atoms with van der Waals surface area (Å²) >= 11 is 7.27. The van der Waals surface area contributed by atoms with Crippen LogP contribution < -0.4 is 10.1 Å². The van der Waals surface area contributed by atoms with Gasteiger partial charge in [-0.1, -0.05) is 50.1 Å². The standard InChI is InChI=1S/C20H27ClN4O2S/c1-13-5-4-6-17(14(13)2)22-19(26)12-28-20-24-23-18(25(20)3)11-27-16-9-7-15(21)8-10-16/h7-10,13-14,17H,4-6,11-12H2,1-3H3,(H,22,26)/t13-,14+,17-/m0/s1. The molecule has 152 valence electrons. The number of ether oxygens (including phenoxy) is 1. The summed E-state index contributed by atoms with van der Waals surface area (Å²) in [6.07, 6.45) is 3.50. The first kappa shape index (κ1) is 21.0. The predicted molar refractivity (Wildman–Crippen MR) is 112 cm³/mol. The molecule has 28 heavy (non-hydrogen) atoms. The van der Waals surface area contributed by atoms with Crippen molar-refractivity contribution in [3.05, 3.63) is 35.1 Å². The Balaban J connectivity index is 1.48. The van der Waals surface area contributed by atoms with Gasteiger partial charge in [-0.2, -0.15) is 0 Å². The summed E-state index contributed by atoms with van der Waals surface area (Å²) < 4.78 is 7.58. The fourth-order valence-electron chi connectivity index (χ4n) is 3.44. The van der Waals surface area contributed by atoms with Crippen LogP contribution in [-0.2, 0) is 18.4 Å². The van der Waals surface area contributed by atoms with Gasteiger partial charge in [0.25, 0.3) is 0 Å². The van der Waals surface area contributed by atoms with Crippen LogP contribution in [0.5, 0.6) is 5.75 Å². The number of halogens is 1. The Morgan fingerprint density at radius 3 is 2.79 bits per heavy atom. The highest BCUT2D eigenvalue weighted by Gasteiger charge is 2.28. The highest BCUT2D eigenvalue weighted by Crippen LogP contribution is 2.29. The second-order valence-electron chi connectivity index (χ2n) is 7.43. The average molecular weight is 423 g/mol. The second-order valence-corrected chi connectivity index (χ2v) is 8.81. The molecule has 1 amide bonds. The summed E-state index contributed by atoms with van der Waals surface area (Å²) in [5.74, 6) is 2.99. The Hall–Kier alpha value is -1.73. The predicted octanol–water partition coefficient (Wildman–Crippen LogP) is 4.08. The number of thioether (sulfide) groups is 1. The summed E-state index contributed by atoms with van der Waals surface area (Å²) in [7, 11) is 1.88. The van der Waals surface area contributed by atoms with Crippen LogP contribution in [-0.4, -0.2) is 32.5 Å². The third-order valence-corrected chi connectivity index (χ3v) is 6.76. The maximum absolute atomic E-state index is 12.4. The third-order valence-electron chi connectivity index (χ3n) is 5.49. The van der Waals surface area contributed by atoms with Crippen molar-refractivity contribution < 1.29 is 9.53 Å². The van der Waals surface area contributed by atoms with E-state index in [0.29, 0.717) is 40.2 Å². The molecule has 0 unspecified atom stereocenters. The minimum atomic E-state index is 0.0536. The first-order valence-corrected chi connectivity index (χ1v) is 11.0. The molecular formula is C20H27ClN4O2S. The van der Waals surface area contributed by atoms with E-state index in [4.69, 9.17) is 16.3 Å². The minimum Gasteiger partial charge on any atom is -0.486 e. The van der Waals surface area contributed by atoms with Crippen LogP contribution >= 0.6 is 23.4 Å². The number of amides is 1. The average Bonchev–Trinajstić information content (AvgIpc) is 3.03. The number of nitrogens with one attached hydrogen (secondary N) is 1. The van der Waals surface area contributed by atoms with Gasteiger partial charge in [0, 0.05) is 18.1 Å². The lowest BCUT2D eigenvalue weighted by Crippen LogP contribution is -2.44. The molecule has 1 saturated carbocycles. The lowest BCUT2D eigenvalue weighted by Gasteiger charge is -2.34. The van der Waals surface area contributed by atoms with E-state index in [1.807, 2.05) is 23.7 Å². The van der Waals surface area contributed by atoms with Gasteiger partial charge in [-0.25, -0.2) is 0 Å². The monoisotopic (exact) mass is 422 g/mol. The first-order chi connectivity index (χ1) is 13.4. The lowest BCUT2D eigenvalue weighted by molar-refractivity contribution is -0.120. The molecule has 6 nitrogen and oxygen atoms in total. The zero-order valence-electron chi connectivity index (χ0n) is 16.5. The van der Waals surface area contributed by atoms with Crippen LogP contribution in [0, 0.1) is 11.8 Å². The molecule has 1 aromatic heterocycles. The van der Waals surface area contributed by atoms with E-state index < -0.39 is 0 Å². The van der Waals surface area contributed by atoms with Crippen molar-refractivity contribution in [1.29, 1.82) is 0 Å². The van der Waals surface area contributed by atoms with Crippen molar-refractivity contribution in [3.8, 4) is 5.75 Å². The van der Waals surface area contributed by atoms with Crippen molar-refractivity contribution in [2.24, 2.45) is 18.9 Å². The molecule has 1 heterocycles. The maximum atomic E-state index is 12.4. The van der Waals surface area contributed by atoms with Crippen LogP contribution in [0.4, 0.5) is 0 Å². The van der Waals surface area contributed by atoms with Crippen molar-refractivity contribution in [3.63, 3.8) is 0 Å². The lowest BCUT2D eigenvalue weighted by atomic mass is 9.78. The molecule has 3 atom stereocenters. The number of carbonyl (C=O) groups excluding carboxylic acids is 1. The van der Waals surface area contributed by atoms with Gasteiger partial charge in [-0.05, 0) is 42.5 Å². The SMILES string of the molecule is C[C@H]1[C@@H](NC(=O)CSc2nnc(COc3ccc(Cl)cc3)n2C)CCC[C@@H]1C. The zero-order chi connectivity index (χ0) is 20.1. The number of nitrogens with zero attached hydrogens (tertiary/aromatic N) is 3. The molecule has 1 aliphatic rings. The van der Waals surface area contributed by atoms with Crippen LogP contribution in [0.1, 0.15) is 38.9 Å². The molecule has 0 spiro atoms. The maximum Gasteiger partial charge on any atom is 0.230 e. The molecule has 0 aliphatic heterocycles. The second kappa shape index (κ2) is 9.65. The van der Waals surface area contributed by atoms with Gasteiger partial charge < -0.3 is 14.6 Å². The van der Waals surface area contributed by atoms with E-state index in [1.54, 1.807) is 12.1 Å². The van der Waals surface area contributed by atoms with E-state index in [9.17, 15) is 4.79 Å². The van der Waals surface area contributed by atoms with E-state index in [-0.39, 0.29) is 11.9 Å². The summed E-state index contributed by atoms with van der Waals surface area (Å²) in [4.78, 5) is 12.4. The fourth-order valence-corrected chi connectivity index (χ4v) is 4.31. The first-order valence-electron chi connectivity index (χ1n) is 9.63. The highest BCUT2D eigenvalue weighted by molar-refractivity contribution is 7.99. The molecule has 0 saturated heterocycles. The Morgan fingerprint density at radius 1 is 1.29 bits per heavy atom. The molecular weight excluding hydrogens is 396 g/mol. The molecule has 8 heteroatoms. The van der Waals surface area contributed by atoms with Crippen molar-refractivity contribution >= 4 is 29.3 Å². The van der Waals surface area contributed by atoms with Gasteiger partial charge in [0.2, 0.25) is 5.91 Å². The molecule has 1 N–H and O–H groups in total. The molecule has 2 aromatic rings. The number of rotatable bonds is 7. The van der Waals surface area contributed by atoms with Crippen LogP contribution in [0.25, 0.3) is 0 Å². The van der Waals surface area contributed by atoms with Gasteiger partial charge in [-0.3, -0.25) is 4.79 Å². The van der Waals surface area contributed by atoms with Gasteiger partial charge >= 0.3 is 0 Å². The van der Waals surface area contributed by atoms with Gasteiger partial charge in [0.05, 0.1) is 5.75 Å².